The van der Waals surface area contributed by atoms with E-state index >= 15 is 0 Å². The Morgan fingerprint density at radius 2 is 1.35 bits per heavy atom. The maximum absolute atomic E-state index is 14.2. The SMILES string of the molecule is Cc1ccccc1C(O)(c1ccc(F)cc1)C(F)(F)C(F)(F)F. The van der Waals surface area contributed by atoms with E-state index in [1.165, 1.54) is 25.1 Å². The predicted octanol–water partition coefficient (Wildman–Crippen LogP) is 4.57. The number of alkyl halides is 5. The smallest absolute Gasteiger partial charge is 0.374 e. The molecule has 0 aromatic heterocycles. The van der Waals surface area contributed by atoms with E-state index in [-0.39, 0.29) is 5.56 Å². The fourth-order valence-electron chi connectivity index (χ4n) is 2.38. The van der Waals surface area contributed by atoms with Gasteiger partial charge < -0.3 is 5.11 Å². The van der Waals surface area contributed by atoms with Crippen LogP contribution >= 0.6 is 0 Å². The number of rotatable bonds is 3. The molecule has 1 N–H and O–H groups in total. The summed E-state index contributed by atoms with van der Waals surface area (Å²) in [5.74, 6) is -6.31. The molecule has 1 nitrogen and oxygen atoms in total. The van der Waals surface area contributed by atoms with Crippen molar-refractivity contribution < 1.29 is 31.4 Å². The van der Waals surface area contributed by atoms with Gasteiger partial charge in [0.15, 0.2) is 5.60 Å². The van der Waals surface area contributed by atoms with Gasteiger partial charge in [0, 0.05) is 0 Å². The van der Waals surface area contributed by atoms with Crippen molar-refractivity contribution in [1.82, 2.24) is 0 Å². The van der Waals surface area contributed by atoms with Crippen molar-refractivity contribution in [3.63, 3.8) is 0 Å². The highest BCUT2D eigenvalue weighted by Crippen LogP contribution is 2.52. The molecule has 1 atom stereocenters. The van der Waals surface area contributed by atoms with E-state index in [4.69, 9.17) is 0 Å². The van der Waals surface area contributed by atoms with Gasteiger partial charge in [-0.2, -0.15) is 22.0 Å². The van der Waals surface area contributed by atoms with Crippen molar-refractivity contribution in [2.24, 2.45) is 0 Å². The van der Waals surface area contributed by atoms with Crippen LogP contribution in [0.25, 0.3) is 0 Å². The zero-order chi connectivity index (χ0) is 17.5. The highest BCUT2D eigenvalue weighted by molar-refractivity contribution is 5.43. The molecule has 0 heterocycles. The summed E-state index contributed by atoms with van der Waals surface area (Å²) in [6.07, 6.45) is -6.00. The van der Waals surface area contributed by atoms with Crippen LogP contribution in [0.3, 0.4) is 0 Å². The highest BCUT2D eigenvalue weighted by Gasteiger charge is 2.71. The van der Waals surface area contributed by atoms with Gasteiger partial charge in [-0.15, -0.1) is 0 Å². The van der Waals surface area contributed by atoms with Gasteiger partial charge in [0.05, 0.1) is 0 Å². The topological polar surface area (TPSA) is 20.2 Å². The van der Waals surface area contributed by atoms with E-state index in [1.807, 2.05) is 0 Å². The van der Waals surface area contributed by atoms with Crippen molar-refractivity contribution in [1.29, 1.82) is 0 Å². The minimum atomic E-state index is -6.00. The van der Waals surface area contributed by atoms with Crippen LogP contribution < -0.4 is 0 Å². The number of hydrogen-bond acceptors (Lipinski definition) is 1. The molecule has 0 bridgehead atoms. The largest absolute Gasteiger partial charge is 0.457 e. The van der Waals surface area contributed by atoms with E-state index < -0.39 is 34.6 Å². The molecule has 0 amide bonds. The number of halogens is 6. The van der Waals surface area contributed by atoms with E-state index in [0.29, 0.717) is 24.3 Å². The van der Waals surface area contributed by atoms with E-state index in [0.717, 1.165) is 6.07 Å². The first-order chi connectivity index (χ1) is 10.5. The van der Waals surface area contributed by atoms with Crippen LogP contribution in [0.1, 0.15) is 16.7 Å². The van der Waals surface area contributed by atoms with Crippen molar-refractivity contribution in [2.45, 2.75) is 24.6 Å². The summed E-state index contributed by atoms with van der Waals surface area (Å²) in [5, 5.41) is 10.5. The Balaban J connectivity index is 2.80. The maximum Gasteiger partial charge on any atom is 0.457 e. The molecule has 0 spiro atoms. The standard InChI is InChI=1S/C16H12F6O/c1-10-4-2-3-5-13(10)14(23,15(18,19)16(20,21)22)11-6-8-12(17)9-7-11/h2-9,23H,1H3. The summed E-state index contributed by atoms with van der Waals surface area (Å²) in [6, 6.07) is 7.81. The molecule has 0 fully saturated rings. The van der Waals surface area contributed by atoms with Crippen molar-refractivity contribution in [2.75, 3.05) is 0 Å². The summed E-state index contributed by atoms with van der Waals surface area (Å²) >= 11 is 0. The number of aryl methyl sites for hydroxylation is 1. The van der Waals surface area contributed by atoms with Gasteiger partial charge in [-0.1, -0.05) is 36.4 Å². The molecule has 2 aromatic rings. The molecule has 0 aliphatic rings. The van der Waals surface area contributed by atoms with Gasteiger partial charge in [-0.25, -0.2) is 4.39 Å². The van der Waals surface area contributed by atoms with Gasteiger partial charge >= 0.3 is 12.1 Å². The third-order valence-electron chi connectivity index (χ3n) is 3.61. The monoisotopic (exact) mass is 334 g/mol. The minimum absolute atomic E-state index is 0.0447. The van der Waals surface area contributed by atoms with Crippen LogP contribution in [-0.4, -0.2) is 17.2 Å². The first-order valence-corrected chi connectivity index (χ1v) is 6.51. The fourth-order valence-corrected chi connectivity index (χ4v) is 2.38. The molecule has 23 heavy (non-hydrogen) atoms. The van der Waals surface area contributed by atoms with Crippen LogP contribution in [0.5, 0.6) is 0 Å². The Bertz CT molecular complexity index is 692. The highest BCUT2D eigenvalue weighted by atomic mass is 19.4. The van der Waals surface area contributed by atoms with Gasteiger partial charge in [0.1, 0.15) is 5.82 Å². The molecule has 7 heteroatoms. The number of hydrogen-bond donors (Lipinski definition) is 1. The van der Waals surface area contributed by atoms with Crippen LogP contribution in [-0.2, 0) is 5.60 Å². The van der Waals surface area contributed by atoms with E-state index in [9.17, 15) is 31.4 Å². The molecule has 2 rings (SSSR count). The third kappa shape index (κ3) is 2.69. The molecular weight excluding hydrogens is 322 g/mol. The van der Waals surface area contributed by atoms with Crippen LogP contribution in [0.4, 0.5) is 26.3 Å². The predicted molar refractivity (Wildman–Crippen MR) is 71.6 cm³/mol. The van der Waals surface area contributed by atoms with E-state index in [2.05, 4.69) is 0 Å². The van der Waals surface area contributed by atoms with Crippen LogP contribution in [0, 0.1) is 12.7 Å². The first-order valence-electron chi connectivity index (χ1n) is 6.51. The van der Waals surface area contributed by atoms with Gasteiger partial charge in [0.25, 0.3) is 0 Å². The minimum Gasteiger partial charge on any atom is -0.374 e. The van der Waals surface area contributed by atoms with Crippen molar-refractivity contribution in [3.8, 4) is 0 Å². The lowest BCUT2D eigenvalue weighted by Crippen LogP contribution is -2.55. The molecule has 124 valence electrons. The molecular formula is C16H12F6O. The third-order valence-corrected chi connectivity index (χ3v) is 3.61. The lowest BCUT2D eigenvalue weighted by atomic mass is 9.78. The normalized spacial score (nSPS) is 15.3. The van der Waals surface area contributed by atoms with Gasteiger partial charge in [0.2, 0.25) is 0 Å². The second kappa shape index (κ2) is 5.56. The quantitative estimate of drug-likeness (QED) is 0.816. The van der Waals surface area contributed by atoms with Crippen molar-refractivity contribution >= 4 is 0 Å². The molecule has 2 aromatic carbocycles. The molecule has 0 aliphatic heterocycles. The fraction of sp³-hybridized carbons (Fsp3) is 0.250. The Hall–Kier alpha value is -2.02. The maximum atomic E-state index is 14.2. The van der Waals surface area contributed by atoms with E-state index in [1.54, 1.807) is 0 Å². The molecule has 0 saturated carbocycles. The summed E-state index contributed by atoms with van der Waals surface area (Å²) < 4.78 is 80.1. The molecule has 0 radical (unpaired) electrons. The first kappa shape index (κ1) is 17.3. The summed E-state index contributed by atoms with van der Waals surface area (Å²) in [7, 11) is 0. The van der Waals surface area contributed by atoms with Gasteiger partial charge in [-0.3, -0.25) is 0 Å². The molecule has 0 aliphatic carbocycles. The van der Waals surface area contributed by atoms with Crippen molar-refractivity contribution in [3.05, 3.63) is 71.0 Å². The zero-order valence-electron chi connectivity index (χ0n) is 11.8. The molecule has 1 unspecified atom stereocenters. The summed E-state index contributed by atoms with van der Waals surface area (Å²) in [4.78, 5) is 0. The number of benzene rings is 2. The van der Waals surface area contributed by atoms with Crippen LogP contribution in [0.2, 0.25) is 0 Å². The Labute approximate surface area is 128 Å². The molecule has 0 saturated heterocycles. The zero-order valence-corrected chi connectivity index (χ0v) is 11.8. The average Bonchev–Trinajstić information content (AvgIpc) is 2.46. The Morgan fingerprint density at radius 3 is 1.83 bits per heavy atom. The summed E-state index contributed by atoms with van der Waals surface area (Å²) in [5.41, 5.74) is -4.99. The van der Waals surface area contributed by atoms with Crippen LogP contribution in [0.15, 0.2) is 48.5 Å². The Kier molecular flexibility index (Phi) is 4.19. The summed E-state index contributed by atoms with van der Waals surface area (Å²) in [6.45, 7) is 1.30. The number of aliphatic hydroxyl groups is 1. The average molecular weight is 334 g/mol. The van der Waals surface area contributed by atoms with Gasteiger partial charge in [-0.05, 0) is 35.7 Å². The second-order valence-electron chi connectivity index (χ2n) is 5.10. The Morgan fingerprint density at radius 1 is 0.826 bits per heavy atom. The lowest BCUT2D eigenvalue weighted by molar-refractivity contribution is -0.336. The second-order valence-corrected chi connectivity index (χ2v) is 5.10. The lowest BCUT2D eigenvalue weighted by Gasteiger charge is -2.38.